The van der Waals surface area contributed by atoms with Gasteiger partial charge < -0.3 is 5.11 Å². The van der Waals surface area contributed by atoms with E-state index in [1.54, 1.807) is 6.08 Å². The second kappa shape index (κ2) is 3.48. The van der Waals surface area contributed by atoms with E-state index < -0.39 is 6.10 Å². The highest BCUT2D eigenvalue weighted by molar-refractivity contribution is 4.96. The average Bonchev–Trinajstić information content (AvgIpc) is 1.85. The Morgan fingerprint density at radius 3 is 3.00 bits per heavy atom. The summed E-state index contributed by atoms with van der Waals surface area (Å²) >= 11 is 0. The molecule has 1 aliphatic carbocycles. The molecule has 0 aliphatic heterocycles. The fourth-order valence-electron chi connectivity index (χ4n) is 1.30. The van der Waals surface area contributed by atoms with Gasteiger partial charge in [-0.2, -0.15) is 0 Å². The molecule has 4 nitrogen and oxygen atoms in total. The van der Waals surface area contributed by atoms with Gasteiger partial charge in [0, 0.05) is 10.8 Å². The molecule has 0 spiro atoms. The SMILES string of the molecule is O=[N+]([O-])CC1CC=CC(O)C1. The van der Waals surface area contributed by atoms with Crippen LogP contribution in [0, 0.1) is 16.0 Å². The van der Waals surface area contributed by atoms with E-state index in [0.717, 1.165) is 6.42 Å². The number of aliphatic hydroxyl groups is 1. The van der Waals surface area contributed by atoms with Crippen LogP contribution in [0.2, 0.25) is 0 Å². The van der Waals surface area contributed by atoms with Crippen LogP contribution in [0.1, 0.15) is 12.8 Å². The molecule has 2 atom stereocenters. The smallest absolute Gasteiger partial charge is 0.207 e. The van der Waals surface area contributed by atoms with E-state index >= 15 is 0 Å². The van der Waals surface area contributed by atoms with Crippen molar-refractivity contribution >= 4 is 0 Å². The van der Waals surface area contributed by atoms with Crippen molar-refractivity contribution in [1.29, 1.82) is 0 Å². The Bertz CT molecular complexity index is 179. The number of aliphatic hydroxyl groups excluding tert-OH is 1. The summed E-state index contributed by atoms with van der Waals surface area (Å²) in [6.45, 7) is -0.0264. The van der Waals surface area contributed by atoms with Crippen LogP contribution >= 0.6 is 0 Å². The predicted molar refractivity (Wildman–Crippen MR) is 39.7 cm³/mol. The molecule has 0 aromatic carbocycles. The lowest BCUT2D eigenvalue weighted by atomic mass is 9.93. The van der Waals surface area contributed by atoms with Crippen molar-refractivity contribution in [3.05, 3.63) is 22.3 Å². The fraction of sp³-hybridized carbons (Fsp3) is 0.714. The van der Waals surface area contributed by atoms with Gasteiger partial charge >= 0.3 is 0 Å². The summed E-state index contributed by atoms with van der Waals surface area (Å²) in [5, 5.41) is 19.2. The van der Waals surface area contributed by atoms with Crippen molar-refractivity contribution in [1.82, 2.24) is 0 Å². The molecule has 1 aliphatic rings. The first kappa shape index (κ1) is 8.20. The molecule has 0 saturated carbocycles. The number of allylic oxidation sites excluding steroid dienone is 1. The Kier molecular flexibility index (Phi) is 2.59. The second-order valence-corrected chi connectivity index (χ2v) is 2.85. The first-order chi connectivity index (χ1) is 5.18. The quantitative estimate of drug-likeness (QED) is 0.362. The summed E-state index contributed by atoms with van der Waals surface area (Å²) in [7, 11) is 0. The van der Waals surface area contributed by atoms with Gasteiger partial charge in [-0.25, -0.2) is 0 Å². The normalized spacial score (nSPS) is 30.3. The highest BCUT2D eigenvalue weighted by atomic mass is 16.6. The fourth-order valence-corrected chi connectivity index (χ4v) is 1.30. The Hall–Kier alpha value is -0.900. The third kappa shape index (κ3) is 2.67. The minimum atomic E-state index is -0.478. The molecule has 2 unspecified atom stereocenters. The van der Waals surface area contributed by atoms with Crippen LogP contribution in [0.15, 0.2) is 12.2 Å². The highest BCUT2D eigenvalue weighted by Gasteiger charge is 2.20. The van der Waals surface area contributed by atoms with E-state index in [0.29, 0.717) is 6.42 Å². The lowest BCUT2D eigenvalue weighted by Gasteiger charge is -2.17. The number of nitrogens with zero attached hydrogens (tertiary/aromatic N) is 1. The summed E-state index contributed by atoms with van der Waals surface area (Å²) in [4.78, 5) is 9.75. The summed E-state index contributed by atoms with van der Waals surface area (Å²) in [6, 6.07) is 0. The van der Waals surface area contributed by atoms with E-state index in [-0.39, 0.29) is 17.4 Å². The number of hydrogen-bond acceptors (Lipinski definition) is 3. The minimum absolute atomic E-state index is 0.0185. The van der Waals surface area contributed by atoms with E-state index in [2.05, 4.69) is 0 Å². The maximum absolute atomic E-state index is 10.1. The Morgan fingerprint density at radius 2 is 2.45 bits per heavy atom. The van der Waals surface area contributed by atoms with Gasteiger partial charge in [0.1, 0.15) is 0 Å². The molecule has 0 amide bonds. The van der Waals surface area contributed by atoms with Gasteiger partial charge in [0.05, 0.1) is 6.10 Å². The van der Waals surface area contributed by atoms with Gasteiger partial charge in [-0.3, -0.25) is 10.1 Å². The molecular weight excluding hydrogens is 146 g/mol. The first-order valence-corrected chi connectivity index (χ1v) is 3.65. The van der Waals surface area contributed by atoms with Crippen LogP contribution in [0.4, 0.5) is 0 Å². The highest BCUT2D eigenvalue weighted by Crippen LogP contribution is 2.18. The number of rotatable bonds is 2. The van der Waals surface area contributed by atoms with E-state index in [9.17, 15) is 10.1 Å². The molecular formula is C7H11NO3. The van der Waals surface area contributed by atoms with Crippen molar-refractivity contribution < 1.29 is 10.0 Å². The zero-order chi connectivity index (χ0) is 8.27. The van der Waals surface area contributed by atoms with Crippen molar-refractivity contribution in [2.75, 3.05) is 6.54 Å². The minimum Gasteiger partial charge on any atom is -0.389 e. The van der Waals surface area contributed by atoms with Crippen molar-refractivity contribution in [3.63, 3.8) is 0 Å². The summed E-state index contributed by atoms with van der Waals surface area (Å²) in [5.41, 5.74) is 0. The van der Waals surface area contributed by atoms with Crippen molar-refractivity contribution in [2.45, 2.75) is 18.9 Å². The molecule has 4 heteroatoms. The van der Waals surface area contributed by atoms with Crippen LogP contribution in [0.3, 0.4) is 0 Å². The summed E-state index contributed by atoms with van der Waals surface area (Å²) < 4.78 is 0. The number of hydrogen-bond donors (Lipinski definition) is 1. The van der Waals surface area contributed by atoms with E-state index in [4.69, 9.17) is 5.11 Å². The molecule has 62 valence electrons. The van der Waals surface area contributed by atoms with Gasteiger partial charge in [-0.05, 0) is 12.8 Å². The second-order valence-electron chi connectivity index (χ2n) is 2.85. The molecule has 0 fully saturated rings. The molecule has 11 heavy (non-hydrogen) atoms. The average molecular weight is 157 g/mol. The maximum Gasteiger partial charge on any atom is 0.207 e. The molecule has 0 bridgehead atoms. The summed E-state index contributed by atoms with van der Waals surface area (Å²) in [6.07, 6.45) is 4.27. The zero-order valence-electron chi connectivity index (χ0n) is 6.14. The molecule has 0 radical (unpaired) electrons. The van der Waals surface area contributed by atoms with Crippen LogP contribution < -0.4 is 0 Å². The van der Waals surface area contributed by atoms with E-state index in [1.165, 1.54) is 0 Å². The lowest BCUT2D eigenvalue weighted by molar-refractivity contribution is -0.488. The van der Waals surface area contributed by atoms with Crippen LogP contribution in [0.25, 0.3) is 0 Å². The molecule has 1 rings (SSSR count). The Morgan fingerprint density at radius 1 is 1.73 bits per heavy atom. The van der Waals surface area contributed by atoms with Gasteiger partial charge in [0.15, 0.2) is 0 Å². The standard InChI is InChI=1S/C7H11NO3/c9-7-3-1-2-6(4-7)5-8(10)11/h1,3,6-7,9H,2,4-5H2. The number of nitro groups is 1. The third-order valence-corrected chi connectivity index (χ3v) is 1.81. The monoisotopic (exact) mass is 157 g/mol. The topological polar surface area (TPSA) is 63.4 Å². The van der Waals surface area contributed by atoms with E-state index in [1.807, 2.05) is 6.08 Å². The summed E-state index contributed by atoms with van der Waals surface area (Å²) in [5.74, 6) is 0.0185. The Labute approximate surface area is 64.7 Å². The van der Waals surface area contributed by atoms with Gasteiger partial charge in [-0.1, -0.05) is 12.2 Å². The zero-order valence-corrected chi connectivity index (χ0v) is 6.14. The molecule has 1 N–H and O–H groups in total. The van der Waals surface area contributed by atoms with Crippen LogP contribution in [-0.4, -0.2) is 22.7 Å². The largest absolute Gasteiger partial charge is 0.389 e. The van der Waals surface area contributed by atoms with Crippen molar-refractivity contribution in [2.24, 2.45) is 5.92 Å². The predicted octanol–water partition coefficient (Wildman–Crippen LogP) is 0.590. The Balaban J connectivity index is 2.37. The van der Waals surface area contributed by atoms with Crippen LogP contribution in [-0.2, 0) is 0 Å². The molecule has 0 aromatic heterocycles. The van der Waals surface area contributed by atoms with Gasteiger partial charge in [0.25, 0.3) is 0 Å². The van der Waals surface area contributed by atoms with Gasteiger partial charge in [-0.15, -0.1) is 0 Å². The molecule has 0 saturated heterocycles. The first-order valence-electron chi connectivity index (χ1n) is 3.65. The maximum atomic E-state index is 10.1. The van der Waals surface area contributed by atoms with Crippen molar-refractivity contribution in [3.8, 4) is 0 Å². The molecule has 0 aromatic rings. The van der Waals surface area contributed by atoms with Crippen LogP contribution in [0.5, 0.6) is 0 Å². The lowest BCUT2D eigenvalue weighted by Crippen LogP contribution is -2.21. The van der Waals surface area contributed by atoms with Gasteiger partial charge in [0.2, 0.25) is 6.54 Å². The third-order valence-electron chi connectivity index (χ3n) is 1.81. The molecule has 0 heterocycles.